The van der Waals surface area contributed by atoms with Crippen LogP contribution in [0.1, 0.15) is 133 Å². The van der Waals surface area contributed by atoms with Gasteiger partial charge in [0.25, 0.3) is 0 Å². The Balaban J connectivity index is 1.26. The zero-order valence-corrected chi connectivity index (χ0v) is 41.2. The number of aliphatic hydroxyl groups is 2. The first-order valence-corrected chi connectivity index (χ1v) is 26.0. The van der Waals surface area contributed by atoms with Crippen molar-refractivity contribution >= 4 is 33.8 Å². The van der Waals surface area contributed by atoms with Gasteiger partial charge in [0.1, 0.15) is 11.8 Å². The second kappa shape index (κ2) is 19.4. The summed E-state index contributed by atoms with van der Waals surface area (Å²) in [5.41, 5.74) is -1.94. The van der Waals surface area contributed by atoms with E-state index >= 15 is 0 Å². The topological polar surface area (TPSA) is 228 Å². The van der Waals surface area contributed by atoms with E-state index in [1.807, 2.05) is 62.3 Å². The van der Waals surface area contributed by atoms with Gasteiger partial charge >= 0.3 is 18.0 Å². The summed E-state index contributed by atoms with van der Waals surface area (Å²) in [5.74, 6) is -6.97. The number of aliphatic hydroxyl groups excluding tert-OH is 1. The number of Topliss-reactive ketones (excluding diaryl/α,β-unsaturated/α-hetero) is 1. The molecule has 18 atom stereocenters. The van der Waals surface area contributed by atoms with E-state index in [9.17, 15) is 42.9 Å². The maximum absolute atomic E-state index is 14.7. The van der Waals surface area contributed by atoms with E-state index < -0.39 is 117 Å². The van der Waals surface area contributed by atoms with Crippen LogP contribution in [0, 0.1) is 41.4 Å². The van der Waals surface area contributed by atoms with Gasteiger partial charge in [-0.25, -0.2) is 27.2 Å². The van der Waals surface area contributed by atoms with Gasteiger partial charge < -0.3 is 44.3 Å². The van der Waals surface area contributed by atoms with Crippen LogP contribution < -0.4 is 5.32 Å². The fourth-order valence-corrected chi connectivity index (χ4v) is 12.7. The van der Waals surface area contributed by atoms with Gasteiger partial charge in [-0.3, -0.25) is 9.59 Å². The number of carboxylic acid groups (broad SMARTS) is 1. The molecular formula is C47H77N3O14S. The Hall–Kier alpha value is -2.71. The molecule has 0 saturated carbocycles. The van der Waals surface area contributed by atoms with Crippen LogP contribution in [-0.4, -0.2) is 142 Å². The molecule has 0 aliphatic carbocycles. The van der Waals surface area contributed by atoms with Gasteiger partial charge in [-0.1, -0.05) is 61.5 Å². The minimum absolute atomic E-state index is 0.0519. The molecule has 6 aliphatic rings. The Kier molecular flexibility index (Phi) is 15.4. The summed E-state index contributed by atoms with van der Waals surface area (Å²) in [5, 5.41) is 35.9. The average Bonchev–Trinajstić information content (AvgIpc) is 3.82. The number of sulfonamides is 1. The average molecular weight is 940 g/mol. The number of carbonyl (C=O) groups is 4. The molecule has 2 spiro atoms. The van der Waals surface area contributed by atoms with Gasteiger partial charge in [0.2, 0.25) is 10.0 Å². The largest absolute Gasteiger partial charge is 0.481 e. The number of nitrogens with zero attached hydrogens (tertiary/aromatic N) is 2. The molecule has 18 heteroatoms. The molecule has 0 aromatic carbocycles. The molecule has 0 bridgehead atoms. The molecule has 6 rings (SSSR count). The Bertz CT molecular complexity index is 1920. The van der Waals surface area contributed by atoms with Crippen molar-refractivity contribution in [3.8, 4) is 0 Å². The molecule has 370 valence electrons. The molecule has 4 N–H and O–H groups in total. The molecule has 5 saturated heterocycles. The van der Waals surface area contributed by atoms with Crippen LogP contribution in [0.3, 0.4) is 0 Å². The van der Waals surface area contributed by atoms with Crippen molar-refractivity contribution in [2.75, 3.05) is 19.3 Å². The molecule has 5 fully saturated rings. The van der Waals surface area contributed by atoms with E-state index in [1.54, 1.807) is 19.1 Å². The van der Waals surface area contributed by atoms with Crippen LogP contribution in [0.4, 0.5) is 9.59 Å². The van der Waals surface area contributed by atoms with Crippen LogP contribution >= 0.6 is 0 Å². The molecule has 6 heterocycles. The first-order valence-electron chi connectivity index (χ1n) is 24.2. The van der Waals surface area contributed by atoms with Crippen LogP contribution in [0.2, 0.25) is 0 Å². The van der Waals surface area contributed by atoms with Crippen molar-refractivity contribution in [3.63, 3.8) is 0 Å². The van der Waals surface area contributed by atoms with Gasteiger partial charge in [0.05, 0.1) is 73.1 Å². The molecule has 0 aromatic rings. The molecular weight excluding hydrogens is 863 g/mol. The number of hydrogen-bond donors (Lipinski definition) is 4. The van der Waals surface area contributed by atoms with Gasteiger partial charge in [-0.15, -0.1) is 0 Å². The summed E-state index contributed by atoms with van der Waals surface area (Å²) in [6.45, 7) is 18.8. The first-order chi connectivity index (χ1) is 30.3. The van der Waals surface area contributed by atoms with E-state index in [1.165, 1.54) is 0 Å². The third-order valence-corrected chi connectivity index (χ3v) is 17.5. The first kappa shape index (κ1) is 51.7. The summed E-state index contributed by atoms with van der Waals surface area (Å²) >= 11 is 0. The van der Waals surface area contributed by atoms with Crippen molar-refractivity contribution in [2.24, 2.45) is 41.4 Å². The van der Waals surface area contributed by atoms with Crippen LogP contribution in [0.5, 0.6) is 0 Å². The predicted molar refractivity (Wildman–Crippen MR) is 239 cm³/mol. The normalized spacial score (nSPS) is 41.3. The lowest BCUT2D eigenvalue weighted by atomic mass is 9.72. The molecule has 0 radical (unpaired) electrons. The second-order valence-electron chi connectivity index (χ2n) is 20.7. The smallest absolute Gasteiger partial charge is 0.341 e. The minimum atomic E-state index is -3.91. The van der Waals surface area contributed by atoms with Gasteiger partial charge in [0.15, 0.2) is 11.6 Å². The van der Waals surface area contributed by atoms with Gasteiger partial charge in [-0.05, 0) is 89.5 Å². The lowest BCUT2D eigenvalue weighted by molar-refractivity contribution is -0.397. The SMILES string of the molecule is CC[C@@H](C(=O)[C@@H](C)[C@@H](O)[C@H](C)[C@@H]1O[C@@H]([C@@H](CC)C(=O)O)CC[C@@H]1C)[C@H]1O[C@]2(C=C[C@@H](NC(=O)N3CCN(S(C)(=O)=O)C3=O)[C@]3(CC[C@@](C)([C@H]4CC[C@](O)(CC)[C@H](C)O4)O3)O2)[C@H](C)C[C@@H]1C. The summed E-state index contributed by atoms with van der Waals surface area (Å²) in [6, 6.07) is -2.75. The maximum Gasteiger partial charge on any atom is 0.341 e. The second-order valence-corrected chi connectivity index (χ2v) is 22.6. The lowest BCUT2D eigenvalue weighted by Gasteiger charge is -2.55. The van der Waals surface area contributed by atoms with Crippen LogP contribution in [0.25, 0.3) is 0 Å². The Labute approximate surface area is 385 Å². The number of imide groups is 1. The Morgan fingerprint density at radius 1 is 0.923 bits per heavy atom. The highest BCUT2D eigenvalue weighted by Crippen LogP contribution is 2.54. The monoisotopic (exact) mass is 940 g/mol. The number of nitrogens with one attached hydrogen (secondary N) is 1. The van der Waals surface area contributed by atoms with E-state index in [0.29, 0.717) is 55.7 Å². The number of ketones is 1. The number of rotatable bonds is 14. The van der Waals surface area contributed by atoms with Crippen LogP contribution in [-0.2, 0) is 43.3 Å². The lowest BCUT2D eigenvalue weighted by Crippen LogP contribution is -2.66. The van der Waals surface area contributed by atoms with E-state index in [4.69, 9.17) is 23.7 Å². The van der Waals surface area contributed by atoms with Crippen molar-refractivity contribution in [1.29, 1.82) is 0 Å². The van der Waals surface area contributed by atoms with E-state index in [2.05, 4.69) is 5.32 Å². The van der Waals surface area contributed by atoms with Gasteiger partial charge in [0, 0.05) is 30.1 Å². The third-order valence-electron chi connectivity index (χ3n) is 16.4. The summed E-state index contributed by atoms with van der Waals surface area (Å²) in [6.07, 6.45) is 5.86. The maximum atomic E-state index is 14.7. The molecule has 0 aromatic heterocycles. The zero-order chi connectivity index (χ0) is 48.2. The standard InChI is InChI=1S/C47H77N3O14S/c1-12-32(41(53)54)34-16-15-26(4)39(61-34)30(8)37(51)29(7)38(52)33(13-2)40-27(5)25-28(6)46(62-40)20-17-35(48-42(55)49-23-24-50(43(49)56)65(11,58)59)47(64-46)22-21-44(10,63-47)36-18-19-45(57,14-3)31(9)60-36/h17,20,26-37,39-40,51,57H,12-16,18-19,21-25H2,1-11H3,(H,48,55)(H,53,54)/t26-,27-,28+,29-,30-,31-,32+,33-,34+,35+,36+,37+,39+,40-,44-,45+,46-,47-/m0/s1. The third kappa shape index (κ3) is 9.80. The van der Waals surface area contributed by atoms with E-state index in [-0.39, 0.29) is 43.0 Å². The molecule has 65 heavy (non-hydrogen) atoms. The number of amides is 4. The highest BCUT2D eigenvalue weighted by molar-refractivity contribution is 7.88. The number of carbonyl (C=O) groups excluding carboxylic acids is 3. The fraction of sp³-hybridized carbons (Fsp3) is 0.872. The van der Waals surface area contributed by atoms with Crippen LogP contribution in [0.15, 0.2) is 12.2 Å². The number of hydrogen-bond acceptors (Lipinski definition) is 13. The summed E-state index contributed by atoms with van der Waals surface area (Å²) in [7, 11) is -3.91. The number of carboxylic acids is 1. The number of urea groups is 2. The summed E-state index contributed by atoms with van der Waals surface area (Å²) in [4.78, 5) is 54.7. The Morgan fingerprint density at radius 2 is 1.60 bits per heavy atom. The minimum Gasteiger partial charge on any atom is -0.481 e. The molecule has 6 aliphatic heterocycles. The predicted octanol–water partition coefficient (Wildman–Crippen LogP) is 5.60. The zero-order valence-electron chi connectivity index (χ0n) is 40.4. The summed E-state index contributed by atoms with van der Waals surface area (Å²) < 4.78 is 59.6. The fourth-order valence-electron chi connectivity index (χ4n) is 11.9. The molecule has 17 nitrogen and oxygen atoms in total. The quantitative estimate of drug-likeness (QED) is 0.156. The Morgan fingerprint density at radius 3 is 2.18 bits per heavy atom. The van der Waals surface area contributed by atoms with Crippen molar-refractivity contribution in [3.05, 3.63) is 12.2 Å². The number of ether oxygens (including phenoxy) is 5. The number of aliphatic carboxylic acids is 1. The van der Waals surface area contributed by atoms with Crippen molar-refractivity contribution < 1.29 is 66.6 Å². The highest BCUT2D eigenvalue weighted by Gasteiger charge is 2.64. The highest BCUT2D eigenvalue weighted by atomic mass is 32.2. The van der Waals surface area contributed by atoms with E-state index in [0.717, 1.165) is 17.6 Å². The van der Waals surface area contributed by atoms with Gasteiger partial charge in [-0.2, -0.15) is 0 Å². The van der Waals surface area contributed by atoms with Crippen molar-refractivity contribution in [1.82, 2.24) is 14.5 Å². The molecule has 0 unspecified atom stereocenters. The molecule has 4 amide bonds. The van der Waals surface area contributed by atoms with Crippen molar-refractivity contribution in [2.45, 2.75) is 199 Å².